The molecule has 1 amide bonds. The number of amides is 1. The number of para-hydroxylation sites is 1. The van der Waals surface area contributed by atoms with E-state index in [1.54, 1.807) is 65.0 Å². The van der Waals surface area contributed by atoms with Crippen LogP contribution in [-0.2, 0) is 17.3 Å². The Kier molecular flexibility index (Phi) is 8.38. The third-order valence-electron chi connectivity index (χ3n) is 4.79. The molecule has 6 nitrogen and oxygen atoms in total. The Morgan fingerprint density at radius 2 is 1.81 bits per heavy atom. The van der Waals surface area contributed by atoms with E-state index in [9.17, 15) is 18.0 Å². The Hall–Kier alpha value is -3.01. The first-order valence-electron chi connectivity index (χ1n) is 11.3. The van der Waals surface area contributed by atoms with Crippen molar-refractivity contribution in [1.29, 1.82) is 0 Å². The number of halogens is 4. The number of hydrogen-bond acceptors (Lipinski definition) is 5. The number of benzene rings is 2. The SMILES string of the molecule is CC(C)Oc1cc(C(F)(F)F)c2c(OCCc3ccccc3NC(=O)OC(C)(C)C)c(Br)ccc2n1. The summed E-state index contributed by atoms with van der Waals surface area (Å²) in [5.74, 6) is -0.0822. The first-order valence-corrected chi connectivity index (χ1v) is 12.1. The monoisotopic (exact) mass is 568 g/mol. The van der Waals surface area contributed by atoms with Gasteiger partial charge in [0.25, 0.3) is 0 Å². The zero-order chi connectivity index (χ0) is 26.7. The first kappa shape index (κ1) is 27.6. The molecule has 3 rings (SSSR count). The fourth-order valence-corrected chi connectivity index (χ4v) is 3.90. The number of ether oxygens (including phenoxy) is 3. The highest BCUT2D eigenvalue weighted by Crippen LogP contribution is 2.43. The lowest BCUT2D eigenvalue weighted by molar-refractivity contribution is -0.136. The average molecular weight is 569 g/mol. The van der Waals surface area contributed by atoms with E-state index in [4.69, 9.17) is 14.2 Å². The van der Waals surface area contributed by atoms with Gasteiger partial charge in [-0.3, -0.25) is 5.32 Å². The molecule has 0 saturated heterocycles. The molecular formula is C26H28BrF3N2O4. The number of alkyl halides is 3. The van der Waals surface area contributed by atoms with Crippen molar-refractivity contribution in [2.24, 2.45) is 0 Å². The molecule has 0 saturated carbocycles. The highest BCUT2D eigenvalue weighted by Gasteiger charge is 2.35. The molecule has 0 aliphatic heterocycles. The van der Waals surface area contributed by atoms with Crippen LogP contribution in [0.5, 0.6) is 11.6 Å². The predicted octanol–water partition coefficient (Wildman–Crippen LogP) is 7.77. The van der Waals surface area contributed by atoms with Crippen molar-refractivity contribution in [3.05, 3.63) is 58.1 Å². The van der Waals surface area contributed by atoms with E-state index < -0.39 is 23.4 Å². The molecule has 0 unspecified atom stereocenters. The van der Waals surface area contributed by atoms with Crippen LogP contribution in [0.2, 0.25) is 0 Å². The molecule has 0 atom stereocenters. The van der Waals surface area contributed by atoms with Crippen LogP contribution in [0.3, 0.4) is 0 Å². The van der Waals surface area contributed by atoms with Gasteiger partial charge in [0.2, 0.25) is 5.88 Å². The van der Waals surface area contributed by atoms with Gasteiger partial charge in [0.15, 0.2) is 0 Å². The Morgan fingerprint density at radius 1 is 1.11 bits per heavy atom. The van der Waals surface area contributed by atoms with E-state index in [0.29, 0.717) is 16.6 Å². The molecule has 36 heavy (non-hydrogen) atoms. The van der Waals surface area contributed by atoms with Crippen molar-refractivity contribution in [3.63, 3.8) is 0 Å². The molecule has 10 heteroatoms. The van der Waals surface area contributed by atoms with Crippen molar-refractivity contribution in [2.75, 3.05) is 11.9 Å². The summed E-state index contributed by atoms with van der Waals surface area (Å²) in [5, 5.41) is 2.55. The second kappa shape index (κ2) is 10.9. The van der Waals surface area contributed by atoms with Gasteiger partial charge in [-0.05, 0) is 74.3 Å². The van der Waals surface area contributed by atoms with Crippen molar-refractivity contribution in [3.8, 4) is 11.6 Å². The summed E-state index contributed by atoms with van der Waals surface area (Å²) < 4.78 is 59.0. The molecule has 2 aromatic carbocycles. The molecule has 1 heterocycles. The van der Waals surface area contributed by atoms with E-state index in [0.717, 1.165) is 11.6 Å². The van der Waals surface area contributed by atoms with Gasteiger partial charge in [-0.1, -0.05) is 18.2 Å². The largest absolute Gasteiger partial charge is 0.491 e. The second-order valence-electron chi connectivity index (χ2n) is 9.33. The van der Waals surface area contributed by atoms with Crippen LogP contribution in [0.15, 0.2) is 46.9 Å². The van der Waals surface area contributed by atoms with Crippen LogP contribution >= 0.6 is 15.9 Å². The summed E-state index contributed by atoms with van der Waals surface area (Å²) in [6.45, 7) is 8.75. The van der Waals surface area contributed by atoms with Crippen LogP contribution in [0.25, 0.3) is 10.9 Å². The topological polar surface area (TPSA) is 69.7 Å². The van der Waals surface area contributed by atoms with Gasteiger partial charge >= 0.3 is 12.3 Å². The predicted molar refractivity (Wildman–Crippen MR) is 136 cm³/mol. The van der Waals surface area contributed by atoms with Gasteiger partial charge in [0.05, 0.1) is 33.6 Å². The number of nitrogens with one attached hydrogen (secondary N) is 1. The standard InChI is InChI=1S/C26H28BrF3N2O4/c1-15(2)35-21-14-17(26(28,29)30)22-20(31-21)11-10-18(27)23(22)34-13-12-16-8-6-7-9-19(16)32-24(33)36-25(3,4)5/h6-11,14-15H,12-13H2,1-5H3,(H,32,33). The zero-order valence-corrected chi connectivity index (χ0v) is 22.2. The van der Waals surface area contributed by atoms with Crippen molar-refractivity contribution in [2.45, 2.75) is 58.9 Å². The maximum atomic E-state index is 14.0. The summed E-state index contributed by atoms with van der Waals surface area (Å²) >= 11 is 3.31. The minimum Gasteiger partial charge on any atom is -0.491 e. The fourth-order valence-electron chi connectivity index (χ4n) is 3.45. The molecule has 194 valence electrons. The Morgan fingerprint density at radius 3 is 2.44 bits per heavy atom. The van der Waals surface area contributed by atoms with Crippen molar-refractivity contribution in [1.82, 2.24) is 4.98 Å². The number of anilines is 1. The summed E-state index contributed by atoms with van der Waals surface area (Å²) in [5.41, 5.74) is -0.188. The summed E-state index contributed by atoms with van der Waals surface area (Å²) in [4.78, 5) is 16.4. The molecule has 1 aromatic heterocycles. The normalized spacial score (nSPS) is 12.1. The lowest BCUT2D eigenvalue weighted by Gasteiger charge is -2.20. The third kappa shape index (κ3) is 7.25. The number of aromatic nitrogens is 1. The van der Waals surface area contributed by atoms with Gasteiger partial charge in [0.1, 0.15) is 11.4 Å². The summed E-state index contributed by atoms with van der Waals surface area (Å²) in [7, 11) is 0. The Bertz CT molecular complexity index is 1240. The number of pyridine rings is 1. The van der Waals surface area contributed by atoms with E-state index >= 15 is 0 Å². The minimum absolute atomic E-state index is 0.0287. The number of fused-ring (bicyclic) bond motifs is 1. The molecule has 0 radical (unpaired) electrons. The Balaban J connectivity index is 1.88. The first-order chi connectivity index (χ1) is 16.7. The molecule has 0 aliphatic rings. The minimum atomic E-state index is -4.65. The van der Waals surface area contributed by atoms with Crippen LogP contribution in [0.4, 0.5) is 23.7 Å². The van der Waals surface area contributed by atoms with Crippen LogP contribution in [0.1, 0.15) is 45.7 Å². The van der Waals surface area contributed by atoms with Crippen LogP contribution < -0.4 is 14.8 Å². The van der Waals surface area contributed by atoms with Gasteiger partial charge in [-0.15, -0.1) is 0 Å². The summed E-state index contributed by atoms with van der Waals surface area (Å²) in [6, 6.07) is 11.0. The molecule has 3 aromatic rings. The average Bonchev–Trinajstić information content (AvgIpc) is 2.73. The smallest absolute Gasteiger partial charge is 0.417 e. The molecule has 1 N–H and O–H groups in total. The quantitative estimate of drug-likeness (QED) is 0.315. The lowest BCUT2D eigenvalue weighted by Crippen LogP contribution is -2.27. The number of rotatable bonds is 7. The highest BCUT2D eigenvalue weighted by atomic mass is 79.9. The number of carbonyl (C=O) groups is 1. The van der Waals surface area contributed by atoms with Gasteiger partial charge in [-0.2, -0.15) is 13.2 Å². The molecule has 0 spiro atoms. The van der Waals surface area contributed by atoms with Gasteiger partial charge in [0, 0.05) is 18.2 Å². The van der Waals surface area contributed by atoms with Crippen LogP contribution in [-0.4, -0.2) is 29.4 Å². The molecule has 0 bridgehead atoms. The molecule has 0 aliphatic carbocycles. The second-order valence-corrected chi connectivity index (χ2v) is 10.2. The maximum Gasteiger partial charge on any atom is 0.417 e. The van der Waals surface area contributed by atoms with Crippen molar-refractivity contribution >= 4 is 38.6 Å². The number of nitrogens with zero attached hydrogens (tertiary/aromatic N) is 1. The van der Waals surface area contributed by atoms with E-state index in [2.05, 4.69) is 26.2 Å². The molecule has 0 fully saturated rings. The maximum absolute atomic E-state index is 14.0. The number of hydrogen-bond donors (Lipinski definition) is 1. The third-order valence-corrected chi connectivity index (χ3v) is 5.41. The van der Waals surface area contributed by atoms with E-state index in [1.807, 2.05) is 0 Å². The lowest BCUT2D eigenvalue weighted by atomic mass is 10.1. The molecular weight excluding hydrogens is 541 g/mol. The van der Waals surface area contributed by atoms with Gasteiger partial charge in [-0.25, -0.2) is 9.78 Å². The fraction of sp³-hybridized carbons (Fsp3) is 0.385. The Labute approximate surface area is 216 Å². The van der Waals surface area contributed by atoms with Gasteiger partial charge < -0.3 is 14.2 Å². The number of carbonyl (C=O) groups excluding carboxylic acids is 1. The van der Waals surface area contributed by atoms with Crippen molar-refractivity contribution < 1.29 is 32.2 Å². The van der Waals surface area contributed by atoms with E-state index in [-0.39, 0.29) is 35.2 Å². The van der Waals surface area contributed by atoms with E-state index in [1.165, 1.54) is 6.07 Å². The van der Waals surface area contributed by atoms with Crippen LogP contribution in [0, 0.1) is 0 Å². The summed E-state index contributed by atoms with van der Waals surface area (Å²) in [6.07, 6.45) is -5.28. The zero-order valence-electron chi connectivity index (χ0n) is 20.6. The highest BCUT2D eigenvalue weighted by molar-refractivity contribution is 9.10.